The molecule has 3 aromatic rings. The van der Waals surface area contributed by atoms with Crippen LogP contribution >= 0.6 is 0 Å². The van der Waals surface area contributed by atoms with Gasteiger partial charge in [-0.25, -0.2) is 4.39 Å². The molecule has 0 amide bonds. The zero-order chi connectivity index (χ0) is 19.9. The summed E-state index contributed by atoms with van der Waals surface area (Å²) in [5, 5.41) is 20.0. The number of hydrogen-bond acceptors (Lipinski definition) is 4. The Balaban J connectivity index is 1.66. The SMILES string of the molecule is N#CC(=Cc1ccc(OCc2ccc([N+](=O)[O-])cc2)cc1)c1ccc(F)cc1. The molecule has 0 heterocycles. The van der Waals surface area contributed by atoms with Crippen molar-refractivity contribution in [1.29, 1.82) is 5.26 Å². The van der Waals surface area contributed by atoms with Crippen LogP contribution in [0.25, 0.3) is 11.6 Å². The van der Waals surface area contributed by atoms with E-state index in [1.54, 1.807) is 42.5 Å². The monoisotopic (exact) mass is 374 g/mol. The maximum Gasteiger partial charge on any atom is 0.269 e. The van der Waals surface area contributed by atoms with Gasteiger partial charge >= 0.3 is 0 Å². The fourth-order valence-corrected chi connectivity index (χ4v) is 2.52. The molecule has 28 heavy (non-hydrogen) atoms. The number of hydrogen-bond donors (Lipinski definition) is 0. The quantitative estimate of drug-likeness (QED) is 0.251. The normalized spacial score (nSPS) is 10.9. The Morgan fingerprint density at radius 2 is 1.68 bits per heavy atom. The molecular weight excluding hydrogens is 359 g/mol. The van der Waals surface area contributed by atoms with Crippen molar-refractivity contribution in [2.45, 2.75) is 6.61 Å². The number of halogens is 1. The summed E-state index contributed by atoms with van der Waals surface area (Å²) in [5.74, 6) is 0.284. The highest BCUT2D eigenvalue weighted by molar-refractivity contribution is 5.89. The lowest BCUT2D eigenvalue weighted by Gasteiger charge is -2.07. The van der Waals surface area contributed by atoms with Crippen LogP contribution in [-0.2, 0) is 6.61 Å². The summed E-state index contributed by atoms with van der Waals surface area (Å²) in [7, 11) is 0. The van der Waals surface area contributed by atoms with E-state index in [4.69, 9.17) is 4.74 Å². The van der Waals surface area contributed by atoms with Gasteiger partial charge in [0.1, 0.15) is 18.2 Å². The van der Waals surface area contributed by atoms with Crippen LogP contribution < -0.4 is 4.74 Å². The minimum Gasteiger partial charge on any atom is -0.489 e. The van der Waals surface area contributed by atoms with Gasteiger partial charge in [-0.15, -0.1) is 0 Å². The summed E-state index contributed by atoms with van der Waals surface area (Å²) in [4.78, 5) is 10.2. The fraction of sp³-hybridized carbons (Fsp3) is 0.0455. The molecule has 0 radical (unpaired) electrons. The smallest absolute Gasteiger partial charge is 0.269 e. The van der Waals surface area contributed by atoms with Crippen molar-refractivity contribution in [3.8, 4) is 11.8 Å². The first-order valence-corrected chi connectivity index (χ1v) is 8.39. The zero-order valence-corrected chi connectivity index (χ0v) is 14.7. The average molecular weight is 374 g/mol. The molecule has 5 nitrogen and oxygen atoms in total. The van der Waals surface area contributed by atoms with Crippen molar-refractivity contribution in [3.05, 3.63) is 105 Å². The molecule has 0 saturated carbocycles. The van der Waals surface area contributed by atoms with E-state index in [-0.39, 0.29) is 18.1 Å². The lowest BCUT2D eigenvalue weighted by Crippen LogP contribution is -1.96. The van der Waals surface area contributed by atoms with Gasteiger partial charge in [-0.3, -0.25) is 10.1 Å². The molecule has 3 aromatic carbocycles. The maximum atomic E-state index is 13.0. The van der Waals surface area contributed by atoms with Crippen molar-refractivity contribution in [2.75, 3.05) is 0 Å². The Morgan fingerprint density at radius 3 is 2.25 bits per heavy atom. The van der Waals surface area contributed by atoms with Gasteiger partial charge in [0, 0.05) is 12.1 Å². The highest BCUT2D eigenvalue weighted by atomic mass is 19.1. The van der Waals surface area contributed by atoms with Crippen molar-refractivity contribution >= 4 is 17.3 Å². The second kappa shape index (κ2) is 8.60. The number of rotatable bonds is 6. The Hall–Kier alpha value is -3.98. The average Bonchev–Trinajstić information content (AvgIpc) is 2.72. The number of ether oxygens (including phenoxy) is 1. The topological polar surface area (TPSA) is 76.2 Å². The summed E-state index contributed by atoms with van der Waals surface area (Å²) in [5.41, 5.74) is 2.73. The summed E-state index contributed by atoms with van der Waals surface area (Å²) in [6.45, 7) is 0.284. The number of nitrogens with zero attached hydrogens (tertiary/aromatic N) is 2. The van der Waals surface area contributed by atoms with Crippen LogP contribution in [0.1, 0.15) is 16.7 Å². The first-order chi connectivity index (χ1) is 13.5. The minimum absolute atomic E-state index is 0.0364. The maximum absolute atomic E-state index is 13.0. The van der Waals surface area contributed by atoms with E-state index >= 15 is 0 Å². The van der Waals surface area contributed by atoms with Gasteiger partial charge in [0.2, 0.25) is 0 Å². The molecular formula is C22H15FN2O3. The number of nitro benzene ring substituents is 1. The van der Waals surface area contributed by atoms with Gasteiger partial charge in [0.15, 0.2) is 0 Å². The summed E-state index contributed by atoms with van der Waals surface area (Å²) in [6.07, 6.45) is 1.72. The lowest BCUT2D eigenvalue weighted by atomic mass is 10.0. The van der Waals surface area contributed by atoms with Gasteiger partial charge in [0.05, 0.1) is 16.6 Å². The van der Waals surface area contributed by atoms with Crippen LogP contribution in [0.4, 0.5) is 10.1 Å². The van der Waals surface area contributed by atoms with Crippen LogP contribution in [0.5, 0.6) is 5.75 Å². The number of benzene rings is 3. The van der Waals surface area contributed by atoms with Crippen molar-refractivity contribution in [1.82, 2.24) is 0 Å². The molecule has 0 spiro atoms. The highest BCUT2D eigenvalue weighted by Crippen LogP contribution is 2.21. The molecule has 0 saturated heterocycles. The third-order valence-electron chi connectivity index (χ3n) is 4.02. The van der Waals surface area contributed by atoms with E-state index in [1.165, 1.54) is 24.3 Å². The van der Waals surface area contributed by atoms with Gasteiger partial charge in [-0.05, 0) is 59.2 Å². The van der Waals surface area contributed by atoms with Gasteiger partial charge in [-0.1, -0.05) is 24.3 Å². The van der Waals surface area contributed by atoms with E-state index < -0.39 is 4.92 Å². The van der Waals surface area contributed by atoms with Crippen LogP contribution in [0.3, 0.4) is 0 Å². The van der Waals surface area contributed by atoms with Gasteiger partial charge < -0.3 is 4.74 Å². The highest BCUT2D eigenvalue weighted by Gasteiger charge is 2.05. The first kappa shape index (κ1) is 18.8. The van der Waals surface area contributed by atoms with Crippen molar-refractivity contribution in [2.24, 2.45) is 0 Å². The van der Waals surface area contributed by atoms with Crippen LogP contribution in [0.15, 0.2) is 72.8 Å². The Labute approximate surface area is 161 Å². The predicted octanol–water partition coefficient (Wildman–Crippen LogP) is 5.38. The Kier molecular flexibility index (Phi) is 5.78. The minimum atomic E-state index is -0.446. The number of allylic oxidation sites excluding steroid dienone is 1. The molecule has 0 unspecified atom stereocenters. The zero-order valence-electron chi connectivity index (χ0n) is 14.7. The molecule has 0 aromatic heterocycles. The molecule has 0 bridgehead atoms. The second-order valence-electron chi connectivity index (χ2n) is 5.96. The summed E-state index contributed by atoms with van der Waals surface area (Å²) in [6, 6.07) is 21.2. The van der Waals surface area contributed by atoms with E-state index in [2.05, 4.69) is 6.07 Å². The van der Waals surface area contributed by atoms with Crippen molar-refractivity contribution < 1.29 is 14.1 Å². The lowest BCUT2D eigenvalue weighted by molar-refractivity contribution is -0.384. The Bertz CT molecular complexity index is 1040. The van der Waals surface area contributed by atoms with E-state index in [1.807, 2.05) is 12.1 Å². The third kappa shape index (κ3) is 4.80. The van der Waals surface area contributed by atoms with E-state index in [0.29, 0.717) is 16.9 Å². The molecule has 0 fully saturated rings. The second-order valence-corrected chi connectivity index (χ2v) is 5.96. The Morgan fingerprint density at radius 1 is 1.04 bits per heavy atom. The molecule has 138 valence electrons. The molecule has 0 aliphatic heterocycles. The van der Waals surface area contributed by atoms with E-state index in [0.717, 1.165) is 11.1 Å². The van der Waals surface area contributed by atoms with Gasteiger partial charge in [0.25, 0.3) is 5.69 Å². The first-order valence-electron chi connectivity index (χ1n) is 8.39. The van der Waals surface area contributed by atoms with Crippen LogP contribution in [0, 0.1) is 27.3 Å². The molecule has 0 aliphatic rings. The summed E-state index contributed by atoms with van der Waals surface area (Å²) >= 11 is 0. The van der Waals surface area contributed by atoms with E-state index in [9.17, 15) is 19.8 Å². The third-order valence-corrected chi connectivity index (χ3v) is 4.02. The number of nitriles is 1. The number of nitro groups is 1. The molecule has 3 rings (SSSR count). The largest absolute Gasteiger partial charge is 0.489 e. The molecule has 0 aliphatic carbocycles. The standard InChI is InChI=1S/C22H15FN2O3/c23-20-7-5-18(6-8-20)19(14-24)13-16-3-11-22(12-4-16)28-15-17-1-9-21(10-2-17)25(26)27/h1-13H,15H2. The molecule has 0 atom stereocenters. The predicted molar refractivity (Wildman–Crippen MR) is 104 cm³/mol. The fourth-order valence-electron chi connectivity index (χ4n) is 2.52. The number of non-ortho nitro benzene ring substituents is 1. The van der Waals surface area contributed by atoms with Crippen LogP contribution in [0.2, 0.25) is 0 Å². The summed E-state index contributed by atoms with van der Waals surface area (Å²) < 4.78 is 18.7. The van der Waals surface area contributed by atoms with Crippen LogP contribution in [-0.4, -0.2) is 4.92 Å². The molecule has 0 N–H and O–H groups in total. The van der Waals surface area contributed by atoms with Crippen molar-refractivity contribution in [3.63, 3.8) is 0 Å². The molecule has 6 heteroatoms. The van der Waals surface area contributed by atoms with Gasteiger partial charge in [-0.2, -0.15) is 5.26 Å².